The first-order valence-electron chi connectivity index (χ1n) is 6.59. The molecule has 0 radical (unpaired) electrons. The Morgan fingerprint density at radius 2 is 1.82 bits per heavy atom. The Labute approximate surface area is 125 Å². The highest BCUT2D eigenvalue weighted by molar-refractivity contribution is 5.93. The molecule has 5 nitrogen and oxygen atoms in total. The maximum absolute atomic E-state index is 12.3. The van der Waals surface area contributed by atoms with Crippen LogP contribution in [-0.2, 0) is 0 Å². The van der Waals surface area contributed by atoms with Gasteiger partial charge in [-0.05, 0) is 36.4 Å². The van der Waals surface area contributed by atoms with Gasteiger partial charge >= 0.3 is 0 Å². The molecule has 0 unspecified atom stereocenters. The van der Waals surface area contributed by atoms with Crippen LogP contribution in [0.15, 0.2) is 69.0 Å². The van der Waals surface area contributed by atoms with Gasteiger partial charge in [0, 0.05) is 11.8 Å². The minimum Gasteiger partial charge on any atom is -0.463 e. The van der Waals surface area contributed by atoms with E-state index in [0.717, 1.165) is 0 Å². The smallest absolute Gasteiger partial charge is 0.248 e. The van der Waals surface area contributed by atoms with Gasteiger partial charge in [0.15, 0.2) is 0 Å². The first-order chi connectivity index (χ1) is 10.6. The highest BCUT2D eigenvalue weighted by atomic mass is 16.3. The lowest BCUT2D eigenvalue weighted by Gasteiger charge is -1.98. The predicted molar refractivity (Wildman–Crippen MR) is 84.7 cm³/mol. The number of fused-ring (bicyclic) bond motifs is 1. The van der Waals surface area contributed by atoms with Crippen LogP contribution in [0.1, 0.15) is 15.9 Å². The van der Waals surface area contributed by atoms with E-state index in [0.29, 0.717) is 27.8 Å². The highest BCUT2D eigenvalue weighted by Gasteiger charge is 2.04. The van der Waals surface area contributed by atoms with E-state index in [1.807, 2.05) is 0 Å². The van der Waals surface area contributed by atoms with Crippen molar-refractivity contribution in [2.24, 2.45) is 10.7 Å². The van der Waals surface area contributed by atoms with Gasteiger partial charge in [-0.15, -0.1) is 0 Å². The van der Waals surface area contributed by atoms with E-state index in [2.05, 4.69) is 4.99 Å². The summed E-state index contributed by atoms with van der Waals surface area (Å²) in [7, 11) is 0. The zero-order valence-corrected chi connectivity index (χ0v) is 11.5. The number of nitrogens with two attached hydrogens (primary N) is 1. The summed E-state index contributed by atoms with van der Waals surface area (Å²) in [6.07, 6.45) is 2.82. The molecule has 0 aliphatic rings. The molecule has 0 bridgehead atoms. The lowest BCUT2D eigenvalue weighted by Crippen LogP contribution is -2.10. The lowest BCUT2D eigenvalue weighted by atomic mass is 10.2. The standard InChI is InChI=1S/C17H12N2O3/c18-17(21)11-5-7-13(8-6-11)19-9-12-10-22-15-4-2-1-3-14(15)16(12)20/h1-10H,(H2,18,21). The third-order valence-electron chi connectivity index (χ3n) is 3.21. The van der Waals surface area contributed by atoms with E-state index in [9.17, 15) is 9.59 Å². The number of nitrogens with zero attached hydrogens (tertiary/aromatic N) is 1. The number of carbonyl (C=O) groups excluding carboxylic acids is 1. The predicted octanol–water partition coefficient (Wildman–Crippen LogP) is 2.64. The summed E-state index contributed by atoms with van der Waals surface area (Å²) in [6, 6.07) is 13.5. The third kappa shape index (κ3) is 2.64. The van der Waals surface area contributed by atoms with Gasteiger partial charge in [0.1, 0.15) is 11.8 Å². The van der Waals surface area contributed by atoms with Gasteiger partial charge in [0.2, 0.25) is 11.3 Å². The summed E-state index contributed by atoms with van der Waals surface area (Å²) in [6.45, 7) is 0. The molecule has 2 N–H and O–H groups in total. The molecule has 0 fully saturated rings. The minimum absolute atomic E-state index is 0.139. The van der Waals surface area contributed by atoms with Gasteiger partial charge in [0.05, 0.1) is 16.6 Å². The summed E-state index contributed by atoms with van der Waals surface area (Å²) < 4.78 is 5.41. The van der Waals surface area contributed by atoms with Crippen molar-refractivity contribution in [2.45, 2.75) is 0 Å². The van der Waals surface area contributed by atoms with Gasteiger partial charge in [-0.25, -0.2) is 0 Å². The van der Waals surface area contributed by atoms with Crippen molar-refractivity contribution >= 4 is 28.8 Å². The third-order valence-corrected chi connectivity index (χ3v) is 3.21. The molecule has 1 aromatic heterocycles. The number of hydrogen-bond acceptors (Lipinski definition) is 4. The Balaban J connectivity index is 1.94. The Hall–Kier alpha value is -3.21. The average Bonchev–Trinajstić information content (AvgIpc) is 2.55. The summed E-state index contributed by atoms with van der Waals surface area (Å²) >= 11 is 0. The zero-order chi connectivity index (χ0) is 15.5. The number of para-hydroxylation sites is 1. The Kier molecular flexibility index (Phi) is 3.53. The molecule has 0 atom stereocenters. The molecule has 5 heteroatoms. The average molecular weight is 292 g/mol. The number of aliphatic imine (C=N–C) groups is 1. The first-order valence-corrected chi connectivity index (χ1v) is 6.59. The SMILES string of the molecule is NC(=O)c1ccc(N=Cc2coc3ccccc3c2=O)cc1. The Morgan fingerprint density at radius 3 is 2.55 bits per heavy atom. The first kappa shape index (κ1) is 13.8. The number of hydrogen-bond donors (Lipinski definition) is 1. The van der Waals surface area contributed by atoms with Gasteiger partial charge < -0.3 is 10.2 Å². The van der Waals surface area contributed by atoms with Crippen LogP contribution >= 0.6 is 0 Å². The van der Waals surface area contributed by atoms with Gasteiger partial charge in [0.25, 0.3) is 0 Å². The molecule has 1 amide bonds. The van der Waals surface area contributed by atoms with Crippen molar-refractivity contribution in [1.29, 1.82) is 0 Å². The second-order valence-corrected chi connectivity index (χ2v) is 4.69. The van der Waals surface area contributed by atoms with E-state index < -0.39 is 5.91 Å². The van der Waals surface area contributed by atoms with Gasteiger partial charge in [-0.2, -0.15) is 0 Å². The van der Waals surface area contributed by atoms with E-state index in [-0.39, 0.29) is 5.43 Å². The van der Waals surface area contributed by atoms with Crippen LogP contribution < -0.4 is 11.2 Å². The van der Waals surface area contributed by atoms with E-state index in [1.54, 1.807) is 48.5 Å². The van der Waals surface area contributed by atoms with Crippen LogP contribution in [0, 0.1) is 0 Å². The normalized spacial score (nSPS) is 11.1. The van der Waals surface area contributed by atoms with Gasteiger partial charge in [-0.1, -0.05) is 12.1 Å². The fourth-order valence-corrected chi connectivity index (χ4v) is 2.04. The molecule has 2 aromatic carbocycles. The maximum Gasteiger partial charge on any atom is 0.248 e. The summed E-state index contributed by atoms with van der Waals surface area (Å²) in [5, 5.41) is 0.510. The molecular weight excluding hydrogens is 280 g/mol. The lowest BCUT2D eigenvalue weighted by molar-refractivity contribution is 0.100. The Morgan fingerprint density at radius 1 is 1.09 bits per heavy atom. The molecular formula is C17H12N2O3. The molecule has 3 aromatic rings. The van der Waals surface area contributed by atoms with Crippen molar-refractivity contribution in [3.63, 3.8) is 0 Å². The highest BCUT2D eigenvalue weighted by Crippen LogP contribution is 2.14. The molecule has 0 aliphatic heterocycles. The number of carbonyl (C=O) groups is 1. The van der Waals surface area contributed by atoms with E-state index in [1.165, 1.54) is 12.5 Å². The van der Waals surface area contributed by atoms with Crippen molar-refractivity contribution in [3.8, 4) is 0 Å². The molecule has 22 heavy (non-hydrogen) atoms. The largest absolute Gasteiger partial charge is 0.463 e. The molecule has 0 saturated heterocycles. The molecule has 3 rings (SSSR count). The molecule has 0 spiro atoms. The fourth-order valence-electron chi connectivity index (χ4n) is 2.04. The minimum atomic E-state index is -0.495. The molecule has 0 saturated carbocycles. The van der Waals surface area contributed by atoms with Crippen LogP contribution in [0.5, 0.6) is 0 Å². The van der Waals surface area contributed by atoms with E-state index in [4.69, 9.17) is 10.2 Å². The van der Waals surface area contributed by atoms with Crippen molar-refractivity contribution in [2.75, 3.05) is 0 Å². The molecule has 108 valence electrons. The monoisotopic (exact) mass is 292 g/mol. The number of primary amides is 1. The number of rotatable bonds is 3. The van der Waals surface area contributed by atoms with Crippen LogP contribution in [0.4, 0.5) is 5.69 Å². The van der Waals surface area contributed by atoms with Crippen LogP contribution in [0.25, 0.3) is 11.0 Å². The number of amides is 1. The molecule has 1 heterocycles. The fraction of sp³-hybridized carbons (Fsp3) is 0. The molecule has 0 aliphatic carbocycles. The quantitative estimate of drug-likeness (QED) is 0.753. The summed E-state index contributed by atoms with van der Waals surface area (Å²) in [5.41, 5.74) is 6.94. The number of benzene rings is 2. The summed E-state index contributed by atoms with van der Waals surface area (Å²) in [4.78, 5) is 27.5. The second-order valence-electron chi connectivity index (χ2n) is 4.69. The van der Waals surface area contributed by atoms with Crippen LogP contribution in [-0.4, -0.2) is 12.1 Å². The zero-order valence-electron chi connectivity index (χ0n) is 11.5. The second kappa shape index (κ2) is 5.65. The summed E-state index contributed by atoms with van der Waals surface area (Å²) in [5.74, 6) is -0.495. The van der Waals surface area contributed by atoms with Crippen molar-refractivity contribution < 1.29 is 9.21 Å². The van der Waals surface area contributed by atoms with Crippen LogP contribution in [0.2, 0.25) is 0 Å². The van der Waals surface area contributed by atoms with Crippen LogP contribution in [0.3, 0.4) is 0 Å². The topological polar surface area (TPSA) is 85.7 Å². The van der Waals surface area contributed by atoms with Gasteiger partial charge in [-0.3, -0.25) is 14.6 Å². The van der Waals surface area contributed by atoms with E-state index >= 15 is 0 Å². The van der Waals surface area contributed by atoms with Crippen molar-refractivity contribution in [1.82, 2.24) is 0 Å². The maximum atomic E-state index is 12.3. The van der Waals surface area contributed by atoms with Crippen molar-refractivity contribution in [3.05, 3.63) is 76.1 Å². The Bertz CT molecular complexity index is 925.